The van der Waals surface area contributed by atoms with Crippen molar-refractivity contribution >= 4 is 12.0 Å². The molecule has 1 aromatic heterocycles. The number of carbonyl (C=O) groups excluding carboxylic acids is 1. The molecule has 1 unspecified atom stereocenters. The Bertz CT molecular complexity index is 948. The summed E-state index contributed by atoms with van der Waals surface area (Å²) in [6, 6.07) is 14.4. The Morgan fingerprint density at radius 1 is 1.19 bits per heavy atom. The number of rotatable bonds is 4. The van der Waals surface area contributed by atoms with Crippen molar-refractivity contribution in [2.75, 3.05) is 6.54 Å². The molecule has 0 N–H and O–H groups in total. The van der Waals surface area contributed by atoms with E-state index in [-0.39, 0.29) is 17.8 Å². The van der Waals surface area contributed by atoms with E-state index in [1.54, 1.807) is 24.7 Å². The summed E-state index contributed by atoms with van der Waals surface area (Å²) in [6.45, 7) is 0.698. The molecular weight excluding hydrogens is 341 g/mol. The van der Waals surface area contributed by atoms with Gasteiger partial charge in [-0.25, -0.2) is 9.37 Å². The van der Waals surface area contributed by atoms with Crippen molar-refractivity contribution in [1.82, 2.24) is 14.5 Å². The zero-order valence-corrected chi connectivity index (χ0v) is 14.8. The average molecular weight is 361 g/mol. The molecular formula is C22H20FN3O. The lowest BCUT2D eigenvalue weighted by Crippen LogP contribution is -2.28. The fourth-order valence-electron chi connectivity index (χ4n) is 3.52. The van der Waals surface area contributed by atoms with Crippen LogP contribution in [0.15, 0.2) is 73.3 Å². The van der Waals surface area contributed by atoms with E-state index in [2.05, 4.69) is 4.98 Å². The highest BCUT2D eigenvalue weighted by atomic mass is 19.1. The zero-order valence-electron chi connectivity index (χ0n) is 14.8. The second-order valence-corrected chi connectivity index (χ2v) is 6.64. The van der Waals surface area contributed by atoms with Crippen molar-refractivity contribution < 1.29 is 9.18 Å². The highest BCUT2D eigenvalue weighted by Crippen LogP contribution is 2.32. The van der Waals surface area contributed by atoms with E-state index in [0.717, 1.165) is 29.7 Å². The number of aromatic nitrogens is 2. The van der Waals surface area contributed by atoms with Gasteiger partial charge in [-0.2, -0.15) is 0 Å². The number of imidazole rings is 1. The Hall–Kier alpha value is -3.21. The lowest BCUT2D eigenvalue weighted by molar-refractivity contribution is -0.126. The van der Waals surface area contributed by atoms with E-state index in [4.69, 9.17) is 0 Å². The van der Waals surface area contributed by atoms with Gasteiger partial charge in [0, 0.05) is 30.7 Å². The molecule has 136 valence electrons. The highest BCUT2D eigenvalue weighted by molar-refractivity contribution is 5.92. The summed E-state index contributed by atoms with van der Waals surface area (Å²) >= 11 is 0. The smallest absolute Gasteiger partial charge is 0.247 e. The largest absolute Gasteiger partial charge is 0.332 e. The third kappa shape index (κ3) is 3.82. The Morgan fingerprint density at radius 3 is 2.78 bits per heavy atom. The normalized spacial score (nSPS) is 16.9. The van der Waals surface area contributed by atoms with Gasteiger partial charge < -0.3 is 9.47 Å². The summed E-state index contributed by atoms with van der Waals surface area (Å²) in [7, 11) is 0. The third-order valence-corrected chi connectivity index (χ3v) is 4.88. The predicted octanol–water partition coefficient (Wildman–Crippen LogP) is 4.39. The summed E-state index contributed by atoms with van der Waals surface area (Å²) in [6.07, 6.45) is 10.6. The van der Waals surface area contributed by atoms with E-state index in [1.807, 2.05) is 52.1 Å². The van der Waals surface area contributed by atoms with Crippen LogP contribution < -0.4 is 0 Å². The minimum Gasteiger partial charge on any atom is -0.332 e. The van der Waals surface area contributed by atoms with Crippen LogP contribution in [0.1, 0.15) is 30.0 Å². The van der Waals surface area contributed by atoms with Gasteiger partial charge in [-0.1, -0.05) is 24.3 Å². The van der Waals surface area contributed by atoms with Crippen LogP contribution in [0.3, 0.4) is 0 Å². The Kier molecular flexibility index (Phi) is 4.83. The Labute approximate surface area is 157 Å². The molecule has 5 heteroatoms. The maximum absolute atomic E-state index is 13.5. The number of carbonyl (C=O) groups is 1. The van der Waals surface area contributed by atoms with E-state index in [9.17, 15) is 9.18 Å². The molecule has 3 aromatic rings. The number of amides is 1. The molecule has 1 aliphatic heterocycles. The maximum Gasteiger partial charge on any atom is 0.247 e. The van der Waals surface area contributed by atoms with Gasteiger partial charge in [0.1, 0.15) is 5.82 Å². The van der Waals surface area contributed by atoms with Gasteiger partial charge in [0.15, 0.2) is 0 Å². The molecule has 0 radical (unpaired) electrons. The van der Waals surface area contributed by atoms with Gasteiger partial charge in [0.25, 0.3) is 0 Å². The van der Waals surface area contributed by atoms with E-state index >= 15 is 0 Å². The molecule has 1 fully saturated rings. The van der Waals surface area contributed by atoms with Crippen LogP contribution in [0.25, 0.3) is 11.8 Å². The Balaban J connectivity index is 1.46. The van der Waals surface area contributed by atoms with E-state index in [1.165, 1.54) is 12.1 Å². The predicted molar refractivity (Wildman–Crippen MR) is 103 cm³/mol. The lowest BCUT2D eigenvalue weighted by Gasteiger charge is -2.24. The van der Waals surface area contributed by atoms with Gasteiger partial charge in [0.05, 0.1) is 12.4 Å². The van der Waals surface area contributed by atoms with Crippen molar-refractivity contribution in [3.8, 4) is 5.69 Å². The molecule has 4 rings (SSSR count). The quantitative estimate of drug-likeness (QED) is 0.647. The topological polar surface area (TPSA) is 38.1 Å². The SMILES string of the molecule is O=C(C=Cc1ccc(-n2ccnc2)cc1)N1CCCC1c1cccc(F)c1. The van der Waals surface area contributed by atoms with Gasteiger partial charge >= 0.3 is 0 Å². The molecule has 2 aromatic carbocycles. The molecule has 0 aliphatic carbocycles. The van der Waals surface area contributed by atoms with Gasteiger partial charge in [-0.3, -0.25) is 4.79 Å². The molecule has 0 saturated carbocycles. The van der Waals surface area contributed by atoms with Crippen LogP contribution in [0.5, 0.6) is 0 Å². The van der Waals surface area contributed by atoms with Crippen molar-refractivity contribution in [1.29, 1.82) is 0 Å². The number of likely N-dealkylation sites (tertiary alicyclic amines) is 1. The van der Waals surface area contributed by atoms with E-state index in [0.29, 0.717) is 6.54 Å². The first-order valence-corrected chi connectivity index (χ1v) is 9.03. The summed E-state index contributed by atoms with van der Waals surface area (Å²) in [5.74, 6) is -0.305. The van der Waals surface area contributed by atoms with Crippen LogP contribution >= 0.6 is 0 Å². The van der Waals surface area contributed by atoms with Crippen molar-refractivity contribution in [2.24, 2.45) is 0 Å². The number of nitrogens with zero attached hydrogens (tertiary/aromatic N) is 3. The standard InChI is InChI=1S/C22H20FN3O/c23-19-4-1-3-18(15-19)21-5-2-13-26(21)22(27)11-8-17-6-9-20(10-7-17)25-14-12-24-16-25/h1,3-4,6-12,14-16,21H,2,5,13H2. The summed E-state index contributed by atoms with van der Waals surface area (Å²) in [5, 5.41) is 0. The molecule has 0 bridgehead atoms. The third-order valence-electron chi connectivity index (χ3n) is 4.88. The number of benzene rings is 2. The monoisotopic (exact) mass is 361 g/mol. The number of halogens is 1. The molecule has 1 aliphatic rings. The second-order valence-electron chi connectivity index (χ2n) is 6.64. The molecule has 4 nitrogen and oxygen atoms in total. The fraction of sp³-hybridized carbons (Fsp3) is 0.182. The van der Waals surface area contributed by atoms with Crippen LogP contribution in [0, 0.1) is 5.82 Å². The molecule has 1 saturated heterocycles. The first-order chi connectivity index (χ1) is 13.2. The molecule has 27 heavy (non-hydrogen) atoms. The second kappa shape index (κ2) is 7.58. The first kappa shape index (κ1) is 17.2. The molecule has 0 spiro atoms. The van der Waals surface area contributed by atoms with Gasteiger partial charge in [-0.05, 0) is 54.3 Å². The first-order valence-electron chi connectivity index (χ1n) is 9.03. The van der Waals surface area contributed by atoms with Crippen LogP contribution in [-0.4, -0.2) is 26.9 Å². The number of hydrogen-bond donors (Lipinski definition) is 0. The van der Waals surface area contributed by atoms with Crippen molar-refractivity contribution in [3.05, 3.63) is 90.3 Å². The van der Waals surface area contributed by atoms with E-state index < -0.39 is 0 Å². The minimum atomic E-state index is -0.264. The average Bonchev–Trinajstić information content (AvgIpc) is 3.38. The van der Waals surface area contributed by atoms with Crippen molar-refractivity contribution in [2.45, 2.75) is 18.9 Å². The van der Waals surface area contributed by atoms with Crippen LogP contribution in [0.4, 0.5) is 4.39 Å². The molecule has 1 amide bonds. The van der Waals surface area contributed by atoms with Gasteiger partial charge in [-0.15, -0.1) is 0 Å². The summed E-state index contributed by atoms with van der Waals surface area (Å²) < 4.78 is 15.5. The zero-order chi connectivity index (χ0) is 18.6. The molecule has 2 heterocycles. The van der Waals surface area contributed by atoms with Crippen LogP contribution in [0.2, 0.25) is 0 Å². The van der Waals surface area contributed by atoms with Crippen molar-refractivity contribution in [3.63, 3.8) is 0 Å². The van der Waals surface area contributed by atoms with Gasteiger partial charge in [0.2, 0.25) is 5.91 Å². The highest BCUT2D eigenvalue weighted by Gasteiger charge is 2.28. The summed E-state index contributed by atoms with van der Waals surface area (Å²) in [4.78, 5) is 18.5. The summed E-state index contributed by atoms with van der Waals surface area (Å²) in [5.41, 5.74) is 2.83. The Morgan fingerprint density at radius 2 is 2.04 bits per heavy atom. The lowest BCUT2D eigenvalue weighted by atomic mass is 10.0. The maximum atomic E-state index is 13.5. The minimum absolute atomic E-state index is 0.0413. The van der Waals surface area contributed by atoms with Crippen LogP contribution in [-0.2, 0) is 4.79 Å². The molecule has 1 atom stereocenters. The fourth-order valence-corrected chi connectivity index (χ4v) is 3.52. The number of hydrogen-bond acceptors (Lipinski definition) is 2.